The quantitative estimate of drug-likeness (QED) is 0.787. The zero-order chi connectivity index (χ0) is 12.7. The molecule has 1 saturated carbocycles. The van der Waals surface area contributed by atoms with E-state index < -0.39 is 17.6 Å². The molecule has 1 fully saturated rings. The van der Waals surface area contributed by atoms with Crippen molar-refractivity contribution in [3.63, 3.8) is 0 Å². The van der Waals surface area contributed by atoms with Crippen LogP contribution in [0.25, 0.3) is 0 Å². The highest BCUT2D eigenvalue weighted by Gasteiger charge is 2.62. The molecule has 0 aliphatic heterocycles. The van der Waals surface area contributed by atoms with Crippen molar-refractivity contribution in [3.8, 4) is 11.8 Å². The average molecular weight is 260 g/mol. The Morgan fingerprint density at radius 2 is 2.06 bits per heavy atom. The van der Waals surface area contributed by atoms with Gasteiger partial charge in [-0.25, -0.2) is 4.79 Å². The standard InChI is InChI=1S/C11H7F3O2S/c12-11(13,14)10(5-6-10)4-3-7-1-2-8(17-7)9(15)16/h1-2H,5-6H2,(H,15,16). The van der Waals surface area contributed by atoms with Gasteiger partial charge in [0.25, 0.3) is 0 Å². The maximum Gasteiger partial charge on any atom is 0.405 e. The molecule has 0 bridgehead atoms. The number of thiophene rings is 1. The third-order valence-electron chi connectivity index (χ3n) is 2.53. The van der Waals surface area contributed by atoms with Crippen molar-refractivity contribution in [1.29, 1.82) is 0 Å². The van der Waals surface area contributed by atoms with Crippen LogP contribution in [0.2, 0.25) is 0 Å². The van der Waals surface area contributed by atoms with E-state index in [1.165, 1.54) is 12.1 Å². The SMILES string of the molecule is O=C(O)c1ccc(C#CC2(C(F)(F)F)CC2)s1. The molecule has 0 amide bonds. The second-order valence-corrected chi connectivity index (χ2v) is 4.88. The van der Waals surface area contributed by atoms with Gasteiger partial charge >= 0.3 is 12.1 Å². The summed E-state index contributed by atoms with van der Waals surface area (Å²) < 4.78 is 37.6. The predicted octanol–water partition coefficient (Wildman–Crippen LogP) is 3.14. The number of hydrogen-bond acceptors (Lipinski definition) is 2. The lowest BCUT2D eigenvalue weighted by Gasteiger charge is -2.11. The fraction of sp³-hybridized carbons (Fsp3) is 0.364. The van der Waals surface area contributed by atoms with E-state index in [0.29, 0.717) is 4.88 Å². The van der Waals surface area contributed by atoms with Crippen LogP contribution in [-0.2, 0) is 0 Å². The van der Waals surface area contributed by atoms with E-state index in [1.54, 1.807) is 0 Å². The molecule has 0 atom stereocenters. The smallest absolute Gasteiger partial charge is 0.405 e. The van der Waals surface area contributed by atoms with Crippen LogP contribution in [0, 0.1) is 17.3 Å². The van der Waals surface area contributed by atoms with Crippen molar-refractivity contribution in [2.24, 2.45) is 5.41 Å². The van der Waals surface area contributed by atoms with Crippen molar-refractivity contribution in [3.05, 3.63) is 21.9 Å². The molecule has 6 heteroatoms. The first kappa shape index (κ1) is 12.0. The highest BCUT2D eigenvalue weighted by atomic mass is 32.1. The van der Waals surface area contributed by atoms with Crippen LogP contribution < -0.4 is 0 Å². The topological polar surface area (TPSA) is 37.3 Å². The molecule has 2 rings (SSSR count). The third-order valence-corrected chi connectivity index (χ3v) is 3.52. The van der Waals surface area contributed by atoms with Crippen molar-refractivity contribution in [2.45, 2.75) is 19.0 Å². The molecule has 2 nitrogen and oxygen atoms in total. The number of carbonyl (C=O) groups is 1. The maximum atomic E-state index is 12.5. The van der Waals surface area contributed by atoms with Crippen LogP contribution in [0.15, 0.2) is 12.1 Å². The van der Waals surface area contributed by atoms with Crippen molar-refractivity contribution in [2.75, 3.05) is 0 Å². The number of alkyl halides is 3. The van der Waals surface area contributed by atoms with E-state index in [0.717, 1.165) is 11.3 Å². The van der Waals surface area contributed by atoms with Crippen molar-refractivity contribution < 1.29 is 23.1 Å². The Bertz CT molecular complexity index is 515. The number of rotatable bonds is 1. The Labute approximate surface area is 99.1 Å². The Balaban J connectivity index is 2.19. The van der Waals surface area contributed by atoms with Gasteiger partial charge in [0, 0.05) is 0 Å². The number of hydrogen-bond donors (Lipinski definition) is 1. The molecule has 0 radical (unpaired) electrons. The van der Waals surface area contributed by atoms with E-state index >= 15 is 0 Å². The van der Waals surface area contributed by atoms with E-state index in [1.807, 2.05) is 0 Å². The van der Waals surface area contributed by atoms with Gasteiger partial charge < -0.3 is 5.11 Å². The van der Waals surface area contributed by atoms with Gasteiger partial charge in [0.2, 0.25) is 0 Å². The predicted molar refractivity (Wildman–Crippen MR) is 55.9 cm³/mol. The summed E-state index contributed by atoms with van der Waals surface area (Å²) in [6.07, 6.45) is -4.24. The lowest BCUT2D eigenvalue weighted by Crippen LogP contribution is -2.22. The van der Waals surface area contributed by atoms with Crippen LogP contribution >= 0.6 is 11.3 Å². The van der Waals surface area contributed by atoms with Crippen molar-refractivity contribution >= 4 is 17.3 Å². The second kappa shape index (κ2) is 3.77. The fourth-order valence-corrected chi connectivity index (χ4v) is 2.00. The highest BCUT2D eigenvalue weighted by molar-refractivity contribution is 7.14. The van der Waals surface area contributed by atoms with E-state index in [4.69, 9.17) is 5.11 Å². The molecule has 17 heavy (non-hydrogen) atoms. The van der Waals surface area contributed by atoms with E-state index in [2.05, 4.69) is 11.8 Å². The average Bonchev–Trinajstić information content (AvgIpc) is 2.86. The maximum absolute atomic E-state index is 12.5. The number of halogens is 3. The minimum atomic E-state index is -4.30. The van der Waals surface area contributed by atoms with Gasteiger partial charge in [-0.3, -0.25) is 0 Å². The third kappa shape index (κ3) is 2.29. The monoisotopic (exact) mass is 260 g/mol. The van der Waals surface area contributed by atoms with E-state index in [-0.39, 0.29) is 17.7 Å². The summed E-state index contributed by atoms with van der Waals surface area (Å²) in [5, 5.41) is 8.65. The second-order valence-electron chi connectivity index (χ2n) is 3.80. The fourth-order valence-electron chi connectivity index (χ4n) is 1.31. The van der Waals surface area contributed by atoms with Gasteiger partial charge in [0.05, 0.1) is 4.88 Å². The van der Waals surface area contributed by atoms with Crippen LogP contribution in [0.1, 0.15) is 27.4 Å². The molecule has 0 saturated heterocycles. The number of carboxylic acids is 1. The number of aromatic carboxylic acids is 1. The zero-order valence-electron chi connectivity index (χ0n) is 8.47. The zero-order valence-corrected chi connectivity index (χ0v) is 9.28. The summed E-state index contributed by atoms with van der Waals surface area (Å²) in [4.78, 5) is 11.0. The van der Waals surface area contributed by atoms with Gasteiger partial charge in [-0.05, 0) is 25.0 Å². The normalized spacial score (nSPS) is 17.1. The first-order valence-corrected chi connectivity index (χ1v) is 5.59. The van der Waals surface area contributed by atoms with Crippen LogP contribution in [-0.4, -0.2) is 17.3 Å². The first-order chi connectivity index (χ1) is 7.84. The molecule has 0 spiro atoms. The van der Waals surface area contributed by atoms with Gasteiger partial charge in [0.1, 0.15) is 10.3 Å². The Morgan fingerprint density at radius 1 is 1.41 bits per heavy atom. The summed E-state index contributed by atoms with van der Waals surface area (Å²) in [6, 6.07) is 2.76. The molecule has 1 heterocycles. The van der Waals surface area contributed by atoms with Crippen LogP contribution in [0.3, 0.4) is 0 Å². The van der Waals surface area contributed by atoms with Gasteiger partial charge in [-0.2, -0.15) is 13.2 Å². The molecule has 0 unspecified atom stereocenters. The van der Waals surface area contributed by atoms with E-state index in [9.17, 15) is 18.0 Å². The lowest BCUT2D eigenvalue weighted by atomic mass is 10.1. The van der Waals surface area contributed by atoms with Gasteiger partial charge in [-0.1, -0.05) is 11.8 Å². The van der Waals surface area contributed by atoms with Gasteiger partial charge in [0.15, 0.2) is 0 Å². The molecule has 0 aromatic carbocycles. The summed E-state index contributed by atoms with van der Waals surface area (Å²) in [5.41, 5.74) is -1.86. The minimum Gasteiger partial charge on any atom is -0.477 e. The molecule has 90 valence electrons. The summed E-state index contributed by atoms with van der Waals surface area (Å²) >= 11 is 0.880. The lowest BCUT2D eigenvalue weighted by molar-refractivity contribution is -0.168. The molecule has 1 aromatic heterocycles. The Morgan fingerprint density at radius 3 is 2.47 bits per heavy atom. The largest absolute Gasteiger partial charge is 0.477 e. The molecule has 1 N–H and O–H groups in total. The molecule has 1 aliphatic rings. The van der Waals surface area contributed by atoms with Gasteiger partial charge in [-0.15, -0.1) is 11.3 Å². The van der Waals surface area contributed by atoms with Crippen molar-refractivity contribution in [1.82, 2.24) is 0 Å². The van der Waals surface area contributed by atoms with Crippen LogP contribution in [0.4, 0.5) is 13.2 Å². The molecular formula is C11H7F3O2S. The Kier molecular flexibility index (Phi) is 2.66. The molecule has 1 aromatic rings. The minimum absolute atomic E-state index is 0.0284. The molecular weight excluding hydrogens is 253 g/mol. The molecule has 1 aliphatic carbocycles. The number of carboxylic acid groups (broad SMARTS) is 1. The first-order valence-electron chi connectivity index (χ1n) is 4.77. The summed E-state index contributed by atoms with van der Waals surface area (Å²) in [5.74, 6) is 3.54. The summed E-state index contributed by atoms with van der Waals surface area (Å²) in [7, 11) is 0. The summed E-state index contributed by atoms with van der Waals surface area (Å²) in [6.45, 7) is 0. The highest BCUT2D eigenvalue weighted by Crippen LogP contribution is 2.57. The Hall–Kier alpha value is -1.48. The van der Waals surface area contributed by atoms with Crippen LogP contribution in [0.5, 0.6) is 0 Å².